The van der Waals surface area contributed by atoms with Crippen LogP contribution in [0.3, 0.4) is 0 Å². The summed E-state index contributed by atoms with van der Waals surface area (Å²) in [7, 11) is 0. The van der Waals surface area contributed by atoms with Gasteiger partial charge in [-0.2, -0.15) is 12.8 Å². The average molecular weight is 252 g/mol. The van der Waals surface area contributed by atoms with Gasteiger partial charge in [0.2, 0.25) is 0 Å². The van der Waals surface area contributed by atoms with E-state index in [4.69, 9.17) is 0 Å². The van der Waals surface area contributed by atoms with Crippen molar-refractivity contribution in [2.75, 3.05) is 0 Å². The van der Waals surface area contributed by atoms with Crippen LogP contribution in [-0.4, -0.2) is 0 Å². The predicted octanol–water partition coefficient (Wildman–Crippen LogP) is 0.881. The third kappa shape index (κ3) is 2.89. The van der Waals surface area contributed by atoms with Gasteiger partial charge < -0.3 is 13.8 Å². The van der Waals surface area contributed by atoms with Crippen LogP contribution in [0.4, 0.5) is 0 Å². The van der Waals surface area contributed by atoms with Crippen molar-refractivity contribution in [2.24, 2.45) is 16.7 Å². The van der Waals surface area contributed by atoms with Crippen molar-refractivity contribution in [3.8, 4) is 0 Å². The number of hydrogen-bond acceptors (Lipinski definition) is 0. The van der Waals surface area contributed by atoms with Gasteiger partial charge >= 0.3 is 58.2 Å². The van der Waals surface area contributed by atoms with Gasteiger partial charge in [0, 0.05) is 0 Å². The van der Waals surface area contributed by atoms with E-state index in [0.717, 1.165) is 11.3 Å². The summed E-state index contributed by atoms with van der Waals surface area (Å²) in [6.07, 6.45) is 8.29. The van der Waals surface area contributed by atoms with Gasteiger partial charge in [0.1, 0.15) is 0 Å². The van der Waals surface area contributed by atoms with Gasteiger partial charge in [-0.25, -0.2) is 0 Å². The van der Waals surface area contributed by atoms with Crippen LogP contribution in [-0.2, 0) is 0 Å². The summed E-state index contributed by atoms with van der Waals surface area (Å²) in [6.45, 7) is 7.15. The molecule has 2 saturated carbocycles. The van der Waals surface area contributed by atoms with Crippen LogP contribution in [0.5, 0.6) is 0 Å². The Bertz CT molecular complexity index is 154. The zero-order valence-electron chi connectivity index (χ0n) is 9.98. The standard InChI is InChI=1S/C11H19.CH3.Rb/c1-10(2,3)9-7-11(8-9)5-4-6-11;;/h4,9H,5-8H2,1-3H3;1H3;/q2*-1;+1. The third-order valence-electron chi connectivity index (χ3n) is 3.74. The van der Waals surface area contributed by atoms with E-state index < -0.39 is 0 Å². The Kier molecular flexibility index (Phi) is 5.42. The second-order valence-corrected chi connectivity index (χ2v) is 5.67. The molecule has 0 nitrogen and oxygen atoms in total. The topological polar surface area (TPSA) is 0 Å². The molecule has 0 saturated heterocycles. The van der Waals surface area contributed by atoms with Gasteiger partial charge in [-0.1, -0.05) is 26.2 Å². The van der Waals surface area contributed by atoms with Crippen LogP contribution in [0, 0.1) is 30.6 Å². The van der Waals surface area contributed by atoms with Crippen LogP contribution in [0.25, 0.3) is 0 Å². The van der Waals surface area contributed by atoms with E-state index in [1.54, 1.807) is 0 Å². The van der Waals surface area contributed by atoms with Crippen LogP contribution in [0.2, 0.25) is 0 Å². The molecule has 0 radical (unpaired) electrons. The van der Waals surface area contributed by atoms with Crippen LogP contribution in [0.1, 0.15) is 46.5 Å². The Morgan fingerprint density at radius 1 is 1.15 bits per heavy atom. The number of rotatable bonds is 0. The van der Waals surface area contributed by atoms with Gasteiger partial charge in [-0.05, 0) is 24.2 Å². The zero-order chi connectivity index (χ0) is 8.11. The quantitative estimate of drug-likeness (QED) is 0.561. The molecule has 0 N–H and O–H groups in total. The maximum atomic E-state index is 2.44. The van der Waals surface area contributed by atoms with Gasteiger partial charge in [0.25, 0.3) is 0 Å². The fourth-order valence-corrected chi connectivity index (χ4v) is 2.48. The molecular weight excluding hydrogens is 230 g/mol. The van der Waals surface area contributed by atoms with Gasteiger partial charge in [-0.3, -0.25) is 0 Å². The predicted molar refractivity (Wildman–Crippen MR) is 54.6 cm³/mol. The molecule has 1 spiro atoms. The van der Waals surface area contributed by atoms with Crippen LogP contribution < -0.4 is 58.2 Å². The maximum Gasteiger partial charge on any atom is 1.00 e. The first kappa shape index (κ1) is 14.8. The molecule has 2 fully saturated rings. The maximum absolute atomic E-state index is 2.44. The molecular formula is C12H22Rb-. The molecule has 0 amide bonds. The average Bonchev–Trinajstić information content (AvgIpc) is 1.49. The molecule has 13 heavy (non-hydrogen) atoms. The van der Waals surface area contributed by atoms with Crippen molar-refractivity contribution >= 4 is 0 Å². The van der Waals surface area contributed by atoms with Crippen molar-refractivity contribution in [3.63, 3.8) is 0 Å². The van der Waals surface area contributed by atoms with Gasteiger partial charge in [0.05, 0.1) is 0 Å². The van der Waals surface area contributed by atoms with E-state index in [1.165, 1.54) is 25.7 Å². The molecule has 0 atom stereocenters. The van der Waals surface area contributed by atoms with Crippen LogP contribution in [0.15, 0.2) is 0 Å². The van der Waals surface area contributed by atoms with E-state index in [-0.39, 0.29) is 65.6 Å². The summed E-state index contributed by atoms with van der Waals surface area (Å²) >= 11 is 0. The summed E-state index contributed by atoms with van der Waals surface area (Å²) < 4.78 is 0. The fraction of sp³-hybridized carbons (Fsp3) is 0.833. The van der Waals surface area contributed by atoms with E-state index >= 15 is 0 Å². The molecule has 72 valence electrons. The van der Waals surface area contributed by atoms with E-state index in [0.29, 0.717) is 5.41 Å². The molecule has 0 aromatic carbocycles. The van der Waals surface area contributed by atoms with Crippen molar-refractivity contribution in [1.29, 1.82) is 0 Å². The van der Waals surface area contributed by atoms with Gasteiger partial charge in [0.15, 0.2) is 0 Å². The van der Waals surface area contributed by atoms with Crippen molar-refractivity contribution in [3.05, 3.63) is 13.8 Å². The fourth-order valence-electron chi connectivity index (χ4n) is 2.48. The Labute approximate surface area is 133 Å². The van der Waals surface area contributed by atoms with E-state index in [2.05, 4.69) is 27.2 Å². The normalized spacial score (nSPS) is 25.2. The molecule has 0 heterocycles. The monoisotopic (exact) mass is 251 g/mol. The Morgan fingerprint density at radius 2 is 1.62 bits per heavy atom. The third-order valence-corrected chi connectivity index (χ3v) is 3.74. The Morgan fingerprint density at radius 3 is 1.85 bits per heavy atom. The molecule has 2 aliphatic rings. The van der Waals surface area contributed by atoms with Crippen molar-refractivity contribution in [1.82, 2.24) is 0 Å². The molecule has 0 unspecified atom stereocenters. The minimum atomic E-state index is 0. The molecule has 2 aliphatic carbocycles. The first-order chi connectivity index (χ1) is 5.02. The molecule has 0 aromatic rings. The van der Waals surface area contributed by atoms with Crippen molar-refractivity contribution < 1.29 is 58.2 Å². The largest absolute Gasteiger partial charge is 1.00 e. The smallest absolute Gasteiger partial charge is 0.358 e. The first-order valence-corrected chi connectivity index (χ1v) is 4.84. The first-order valence-electron chi connectivity index (χ1n) is 4.84. The number of hydrogen-bond donors (Lipinski definition) is 0. The Balaban J connectivity index is 0.000000720. The molecule has 0 aliphatic heterocycles. The second-order valence-electron chi connectivity index (χ2n) is 5.67. The summed E-state index contributed by atoms with van der Waals surface area (Å²) in [5.41, 5.74) is 1.39. The van der Waals surface area contributed by atoms with Crippen molar-refractivity contribution in [2.45, 2.75) is 46.5 Å². The minimum absolute atomic E-state index is 0. The zero-order valence-corrected chi connectivity index (χ0v) is 14.9. The molecule has 2 rings (SSSR count). The second kappa shape index (κ2) is 4.76. The summed E-state index contributed by atoms with van der Waals surface area (Å²) in [6, 6.07) is 0. The van der Waals surface area contributed by atoms with Crippen LogP contribution >= 0.6 is 0 Å². The SMILES string of the molecule is CC(C)(C)C1CC2(C[CH-]C2)C1.[CH3-].[Rb+]. The molecule has 0 aromatic heterocycles. The summed E-state index contributed by atoms with van der Waals surface area (Å²) in [5, 5.41) is 0. The molecule has 0 bridgehead atoms. The van der Waals surface area contributed by atoms with E-state index in [9.17, 15) is 0 Å². The summed E-state index contributed by atoms with van der Waals surface area (Å²) in [4.78, 5) is 0. The summed E-state index contributed by atoms with van der Waals surface area (Å²) in [5.74, 6) is 1.01. The van der Waals surface area contributed by atoms with Gasteiger partial charge in [-0.15, -0.1) is 0 Å². The van der Waals surface area contributed by atoms with E-state index in [1.807, 2.05) is 0 Å². The molecule has 1 heteroatoms. The minimum Gasteiger partial charge on any atom is -0.358 e. The Hall–Kier alpha value is 1.81.